The highest BCUT2D eigenvalue weighted by Gasteiger charge is 2.30. The molecule has 0 radical (unpaired) electrons. The second-order valence-corrected chi connectivity index (χ2v) is 6.57. The average Bonchev–Trinajstić information content (AvgIpc) is 2.91. The summed E-state index contributed by atoms with van der Waals surface area (Å²) < 4.78 is 2.28. The molecule has 0 fully saturated rings. The fourth-order valence-corrected chi connectivity index (χ4v) is 3.50. The van der Waals surface area contributed by atoms with Gasteiger partial charge in [0.25, 0.3) is 0 Å². The van der Waals surface area contributed by atoms with Crippen LogP contribution in [0.3, 0.4) is 0 Å². The van der Waals surface area contributed by atoms with Crippen LogP contribution in [0.15, 0.2) is 30.3 Å². The van der Waals surface area contributed by atoms with Crippen LogP contribution in [-0.2, 0) is 6.54 Å². The normalized spacial score (nSPS) is 17.0. The predicted molar refractivity (Wildman–Crippen MR) is 94.4 cm³/mol. The molecule has 23 heavy (non-hydrogen) atoms. The summed E-state index contributed by atoms with van der Waals surface area (Å²) in [5.41, 5.74) is 2.95. The van der Waals surface area contributed by atoms with Crippen LogP contribution in [0.2, 0.25) is 10.0 Å². The van der Waals surface area contributed by atoms with Gasteiger partial charge in [-0.1, -0.05) is 30.1 Å². The van der Waals surface area contributed by atoms with E-state index in [2.05, 4.69) is 35.9 Å². The van der Waals surface area contributed by atoms with Crippen molar-refractivity contribution in [3.05, 3.63) is 51.8 Å². The molecule has 1 aliphatic rings. The number of anilines is 1. The highest BCUT2D eigenvalue weighted by atomic mass is 35.5. The van der Waals surface area contributed by atoms with Gasteiger partial charge in [0.2, 0.25) is 0 Å². The average molecular weight is 352 g/mol. The number of carbonyl (C=O) groups is 1. The van der Waals surface area contributed by atoms with Gasteiger partial charge in [-0.2, -0.15) is 0 Å². The summed E-state index contributed by atoms with van der Waals surface area (Å²) in [6.45, 7) is 5.67. The van der Waals surface area contributed by atoms with Gasteiger partial charge in [-0.15, -0.1) is 0 Å². The van der Waals surface area contributed by atoms with Crippen LogP contribution in [0, 0.1) is 6.92 Å². The fourth-order valence-electron chi connectivity index (χ4n) is 3.16. The second kappa shape index (κ2) is 6.46. The number of aromatic nitrogens is 1. The summed E-state index contributed by atoms with van der Waals surface area (Å²) in [6.07, 6.45) is 0.861. The van der Waals surface area contributed by atoms with Crippen molar-refractivity contribution in [2.24, 2.45) is 0 Å². The zero-order valence-electron chi connectivity index (χ0n) is 13.1. The monoisotopic (exact) mass is 351 g/mol. The first-order valence-corrected chi connectivity index (χ1v) is 8.45. The third-order valence-electron chi connectivity index (χ3n) is 4.33. The minimum Gasteiger partial charge on any atom is -0.345 e. The molecule has 3 rings (SSSR count). The molecule has 1 aromatic heterocycles. The van der Waals surface area contributed by atoms with E-state index in [1.165, 1.54) is 11.4 Å². The Balaban J connectivity index is 1.83. The Hall–Kier alpha value is -1.65. The van der Waals surface area contributed by atoms with Gasteiger partial charge in [-0.05, 0) is 43.7 Å². The van der Waals surface area contributed by atoms with Gasteiger partial charge < -0.3 is 14.8 Å². The van der Waals surface area contributed by atoms with Gasteiger partial charge in [0.1, 0.15) is 0 Å². The molecular weight excluding hydrogens is 333 g/mol. The number of urea groups is 1. The number of benzene rings is 1. The quantitative estimate of drug-likeness (QED) is 0.802. The lowest BCUT2D eigenvalue weighted by Crippen LogP contribution is -2.44. The number of carbonyl (C=O) groups excluding carboxylic acids is 1. The minimum absolute atomic E-state index is 0.0652. The molecule has 0 saturated carbocycles. The number of aryl methyl sites for hydroxylation is 1. The number of rotatable bonds is 2. The maximum atomic E-state index is 12.7. The Bertz CT molecular complexity index is 741. The molecule has 0 saturated heterocycles. The minimum atomic E-state index is -0.147. The number of hydrogen-bond donors (Lipinski definition) is 1. The van der Waals surface area contributed by atoms with E-state index in [0.717, 1.165) is 13.0 Å². The molecule has 2 aromatic rings. The van der Waals surface area contributed by atoms with Crippen LogP contribution in [0.1, 0.15) is 30.8 Å². The fraction of sp³-hybridized carbons (Fsp3) is 0.353. The summed E-state index contributed by atoms with van der Waals surface area (Å²) in [4.78, 5) is 14.6. The van der Waals surface area contributed by atoms with E-state index in [9.17, 15) is 4.79 Å². The first-order valence-electron chi connectivity index (χ1n) is 7.70. The number of hydrogen-bond acceptors (Lipinski definition) is 1. The largest absolute Gasteiger partial charge is 0.345 e. The summed E-state index contributed by atoms with van der Waals surface area (Å²) in [7, 11) is 0. The van der Waals surface area contributed by atoms with Gasteiger partial charge in [-0.25, -0.2) is 4.79 Å². The zero-order chi connectivity index (χ0) is 16.6. The maximum Gasteiger partial charge on any atom is 0.322 e. The smallest absolute Gasteiger partial charge is 0.322 e. The molecule has 6 heteroatoms. The first-order chi connectivity index (χ1) is 11.0. The van der Waals surface area contributed by atoms with E-state index in [-0.39, 0.29) is 12.1 Å². The highest BCUT2D eigenvalue weighted by molar-refractivity contribution is 6.35. The Morgan fingerprint density at radius 1 is 1.26 bits per heavy atom. The third kappa shape index (κ3) is 3.06. The standard InChI is InChI=1S/C17H19Cl2N3O/c1-3-15-16-7-4-11(2)21(16)8-9-22(15)17(23)20-14-10-12(18)5-6-13(14)19/h4-7,10,15H,3,8-9H2,1-2H3,(H,20,23)/t15-/m1/s1. The van der Waals surface area contributed by atoms with Crippen molar-refractivity contribution in [1.82, 2.24) is 9.47 Å². The van der Waals surface area contributed by atoms with E-state index in [1.54, 1.807) is 18.2 Å². The van der Waals surface area contributed by atoms with Gasteiger partial charge >= 0.3 is 6.03 Å². The lowest BCUT2D eigenvalue weighted by atomic mass is 10.1. The van der Waals surface area contributed by atoms with Crippen molar-refractivity contribution in [3.63, 3.8) is 0 Å². The Morgan fingerprint density at radius 2 is 2.04 bits per heavy atom. The summed E-state index contributed by atoms with van der Waals surface area (Å²) in [5, 5.41) is 3.90. The van der Waals surface area contributed by atoms with Crippen LogP contribution in [0.5, 0.6) is 0 Å². The van der Waals surface area contributed by atoms with Crippen LogP contribution < -0.4 is 5.32 Å². The molecule has 0 aliphatic carbocycles. The Morgan fingerprint density at radius 3 is 2.78 bits per heavy atom. The number of nitrogens with one attached hydrogen (secondary N) is 1. The van der Waals surface area contributed by atoms with Crippen molar-refractivity contribution in [1.29, 1.82) is 0 Å². The van der Waals surface area contributed by atoms with E-state index >= 15 is 0 Å². The van der Waals surface area contributed by atoms with Gasteiger partial charge in [-0.3, -0.25) is 0 Å². The molecule has 1 aromatic carbocycles. The number of amides is 2. The van der Waals surface area contributed by atoms with Crippen LogP contribution in [0.4, 0.5) is 10.5 Å². The van der Waals surface area contributed by atoms with Crippen molar-refractivity contribution < 1.29 is 4.79 Å². The molecule has 2 heterocycles. The van der Waals surface area contributed by atoms with Gasteiger partial charge in [0, 0.05) is 29.5 Å². The molecule has 2 amide bonds. The Labute approximate surface area is 146 Å². The summed E-state index contributed by atoms with van der Waals surface area (Å²) in [5.74, 6) is 0. The Kier molecular flexibility index (Phi) is 4.55. The molecule has 122 valence electrons. The summed E-state index contributed by atoms with van der Waals surface area (Å²) >= 11 is 12.1. The molecule has 1 atom stereocenters. The molecule has 0 bridgehead atoms. The predicted octanol–water partition coefficient (Wildman–Crippen LogP) is 5.10. The van der Waals surface area contributed by atoms with Crippen LogP contribution in [0.25, 0.3) is 0 Å². The van der Waals surface area contributed by atoms with E-state index < -0.39 is 0 Å². The van der Waals surface area contributed by atoms with Gasteiger partial charge in [0.05, 0.1) is 16.8 Å². The van der Waals surface area contributed by atoms with Crippen LogP contribution in [-0.4, -0.2) is 22.0 Å². The molecule has 0 unspecified atom stereocenters. The van der Waals surface area contributed by atoms with Gasteiger partial charge in [0.15, 0.2) is 0 Å². The van der Waals surface area contributed by atoms with E-state index in [4.69, 9.17) is 23.2 Å². The second-order valence-electron chi connectivity index (χ2n) is 5.72. The molecule has 1 aliphatic heterocycles. The summed E-state index contributed by atoms with van der Waals surface area (Å²) in [6, 6.07) is 9.18. The lowest BCUT2D eigenvalue weighted by Gasteiger charge is -2.37. The van der Waals surface area contributed by atoms with Crippen molar-refractivity contribution in [2.45, 2.75) is 32.9 Å². The topological polar surface area (TPSA) is 37.3 Å². The van der Waals surface area contributed by atoms with Crippen LogP contribution >= 0.6 is 23.2 Å². The number of nitrogens with zero attached hydrogens (tertiary/aromatic N) is 2. The van der Waals surface area contributed by atoms with Crippen molar-refractivity contribution in [2.75, 3.05) is 11.9 Å². The van der Waals surface area contributed by atoms with E-state index in [1.807, 2.05) is 4.90 Å². The molecular formula is C17H19Cl2N3O. The first kappa shape index (κ1) is 16.2. The number of halogens is 2. The molecule has 4 nitrogen and oxygen atoms in total. The third-order valence-corrected chi connectivity index (χ3v) is 4.90. The highest BCUT2D eigenvalue weighted by Crippen LogP contribution is 2.32. The molecule has 1 N–H and O–H groups in total. The van der Waals surface area contributed by atoms with Crippen molar-refractivity contribution in [3.8, 4) is 0 Å². The van der Waals surface area contributed by atoms with Crippen molar-refractivity contribution >= 4 is 34.9 Å². The number of fused-ring (bicyclic) bond motifs is 1. The maximum absolute atomic E-state index is 12.7. The zero-order valence-corrected chi connectivity index (χ0v) is 14.7. The lowest BCUT2D eigenvalue weighted by molar-refractivity contribution is 0.165. The molecule has 0 spiro atoms. The SMILES string of the molecule is CC[C@@H]1c2ccc(C)n2CCN1C(=O)Nc1cc(Cl)ccc1Cl. The van der Waals surface area contributed by atoms with E-state index in [0.29, 0.717) is 22.3 Å².